The van der Waals surface area contributed by atoms with Crippen LogP contribution in [0, 0.1) is 5.82 Å². The Kier molecular flexibility index (Phi) is 6.58. The average Bonchev–Trinajstić information content (AvgIpc) is 2.66. The van der Waals surface area contributed by atoms with Crippen LogP contribution in [-0.2, 0) is 26.1 Å². The second kappa shape index (κ2) is 8.79. The number of ether oxygens (including phenoxy) is 2. The van der Waals surface area contributed by atoms with Gasteiger partial charge in [0.1, 0.15) is 17.3 Å². The van der Waals surface area contributed by atoms with Crippen molar-refractivity contribution in [2.75, 3.05) is 13.1 Å². The lowest BCUT2D eigenvalue weighted by molar-refractivity contribution is -0.0440. The molecule has 0 spiro atoms. The normalized spacial score (nSPS) is 20.4. The first-order valence-electron chi connectivity index (χ1n) is 9.03. The summed E-state index contributed by atoms with van der Waals surface area (Å²) >= 11 is 6.14. The molecule has 0 aromatic heterocycles. The molecule has 0 radical (unpaired) electrons. The third kappa shape index (κ3) is 5.14. The fourth-order valence-electron chi connectivity index (χ4n) is 3.11. The Labute approximate surface area is 174 Å². The summed E-state index contributed by atoms with van der Waals surface area (Å²) in [6.45, 7) is 3.92. The molecule has 2 unspecified atom stereocenters. The minimum atomic E-state index is -3.91. The van der Waals surface area contributed by atoms with Gasteiger partial charge in [-0.3, -0.25) is 0 Å². The monoisotopic (exact) mass is 441 g/mol. The quantitative estimate of drug-likeness (QED) is 0.662. The van der Waals surface area contributed by atoms with Crippen LogP contribution in [0.4, 0.5) is 4.39 Å². The van der Waals surface area contributed by atoms with Crippen molar-refractivity contribution in [3.05, 3.63) is 64.4 Å². The first-order valence-corrected chi connectivity index (χ1v) is 10.9. The van der Waals surface area contributed by atoms with Crippen LogP contribution in [0.3, 0.4) is 0 Å². The van der Waals surface area contributed by atoms with E-state index < -0.39 is 16.0 Å². The predicted molar refractivity (Wildman–Crippen MR) is 106 cm³/mol. The Balaban J connectivity index is 1.79. The van der Waals surface area contributed by atoms with Gasteiger partial charge in [0.2, 0.25) is 10.0 Å². The Bertz CT molecular complexity index is 986. The van der Waals surface area contributed by atoms with E-state index in [2.05, 4.69) is 0 Å². The summed E-state index contributed by atoms with van der Waals surface area (Å²) in [6, 6.07) is 9.51. The van der Waals surface area contributed by atoms with E-state index in [4.69, 9.17) is 21.1 Å². The van der Waals surface area contributed by atoms with Gasteiger partial charge in [-0.2, -0.15) is 4.31 Å². The molecule has 6 nitrogen and oxygen atoms in total. The van der Waals surface area contributed by atoms with E-state index >= 15 is 0 Å². The highest BCUT2D eigenvalue weighted by Crippen LogP contribution is 2.28. The van der Waals surface area contributed by atoms with Crippen molar-refractivity contribution in [1.82, 2.24) is 4.31 Å². The van der Waals surface area contributed by atoms with E-state index in [1.807, 2.05) is 0 Å². The Morgan fingerprint density at radius 3 is 2.41 bits per heavy atom. The summed E-state index contributed by atoms with van der Waals surface area (Å²) in [5.74, 6) is -1.09. The zero-order valence-corrected chi connectivity index (χ0v) is 17.5. The van der Waals surface area contributed by atoms with Crippen molar-refractivity contribution in [3.63, 3.8) is 0 Å². The van der Waals surface area contributed by atoms with Gasteiger partial charge in [-0.15, -0.1) is 0 Å². The molecular weight excluding hydrogens is 421 g/mol. The largest absolute Gasteiger partial charge is 0.457 e. The van der Waals surface area contributed by atoms with E-state index in [-0.39, 0.29) is 53.2 Å². The fourth-order valence-corrected chi connectivity index (χ4v) is 5.20. The van der Waals surface area contributed by atoms with E-state index in [0.29, 0.717) is 5.56 Å². The minimum Gasteiger partial charge on any atom is -0.457 e. The Morgan fingerprint density at radius 2 is 1.79 bits per heavy atom. The van der Waals surface area contributed by atoms with Gasteiger partial charge in [-0.1, -0.05) is 23.7 Å². The number of hydrogen-bond donors (Lipinski definition) is 0. The average molecular weight is 442 g/mol. The molecule has 0 bridgehead atoms. The number of hydrogen-bond acceptors (Lipinski definition) is 5. The SMILES string of the molecule is CC1CN(S(=O)(=O)c2cc(C(=O)OCc3ccc(F)cc3)ccc2Cl)CC(C)O1. The van der Waals surface area contributed by atoms with Crippen molar-refractivity contribution < 1.29 is 27.1 Å². The third-order valence-electron chi connectivity index (χ3n) is 4.45. The standard InChI is InChI=1S/C20H21ClFNO5S/c1-13-10-23(11-14(2)28-13)29(25,26)19-9-16(5-8-18(19)21)20(24)27-12-15-3-6-17(22)7-4-15/h3-9,13-14H,10-12H2,1-2H3. The summed E-state index contributed by atoms with van der Waals surface area (Å²) in [7, 11) is -3.91. The van der Waals surface area contributed by atoms with E-state index in [9.17, 15) is 17.6 Å². The third-order valence-corrected chi connectivity index (χ3v) is 6.77. The molecule has 9 heteroatoms. The molecule has 1 saturated heterocycles. The maximum Gasteiger partial charge on any atom is 0.338 e. The summed E-state index contributed by atoms with van der Waals surface area (Å²) in [4.78, 5) is 12.2. The predicted octanol–water partition coefficient (Wildman–Crippen LogP) is 3.63. The van der Waals surface area contributed by atoms with Crippen LogP contribution < -0.4 is 0 Å². The van der Waals surface area contributed by atoms with Crippen LogP contribution in [0.15, 0.2) is 47.4 Å². The van der Waals surface area contributed by atoms with E-state index in [1.54, 1.807) is 13.8 Å². The fraction of sp³-hybridized carbons (Fsp3) is 0.350. The summed E-state index contributed by atoms with van der Waals surface area (Å²) in [5, 5.41) is 0.0203. The molecule has 1 heterocycles. The first kappa shape index (κ1) is 21.7. The minimum absolute atomic E-state index is 0.0203. The molecule has 156 valence electrons. The van der Waals surface area contributed by atoms with Crippen LogP contribution in [0.5, 0.6) is 0 Å². The zero-order valence-electron chi connectivity index (χ0n) is 16.0. The lowest BCUT2D eigenvalue weighted by Gasteiger charge is -2.34. The van der Waals surface area contributed by atoms with E-state index in [1.165, 1.54) is 46.8 Å². The van der Waals surface area contributed by atoms with E-state index in [0.717, 1.165) is 0 Å². The number of benzene rings is 2. The molecule has 3 rings (SSSR count). The number of sulfonamides is 1. The van der Waals surface area contributed by atoms with Gasteiger partial charge in [0.05, 0.1) is 22.8 Å². The molecule has 2 aromatic carbocycles. The van der Waals surface area contributed by atoms with Crippen molar-refractivity contribution >= 4 is 27.6 Å². The van der Waals surface area contributed by atoms with Crippen molar-refractivity contribution in [3.8, 4) is 0 Å². The number of halogens is 2. The van der Waals surface area contributed by atoms with Gasteiger partial charge in [0.25, 0.3) is 0 Å². The second-order valence-corrected chi connectivity index (χ2v) is 9.24. The van der Waals surface area contributed by atoms with Gasteiger partial charge in [-0.25, -0.2) is 17.6 Å². The highest BCUT2D eigenvalue weighted by molar-refractivity contribution is 7.89. The smallest absolute Gasteiger partial charge is 0.338 e. The van der Waals surface area contributed by atoms with Gasteiger partial charge in [-0.05, 0) is 49.7 Å². The lowest BCUT2D eigenvalue weighted by Crippen LogP contribution is -2.48. The van der Waals surface area contributed by atoms with Gasteiger partial charge < -0.3 is 9.47 Å². The second-order valence-electron chi connectivity index (χ2n) is 6.93. The molecule has 2 aromatic rings. The van der Waals surface area contributed by atoms with Gasteiger partial charge >= 0.3 is 5.97 Å². The highest BCUT2D eigenvalue weighted by Gasteiger charge is 2.34. The maximum absolute atomic E-state index is 13.1. The molecule has 0 saturated carbocycles. The Hall–Kier alpha value is -2.00. The molecule has 0 amide bonds. The molecule has 29 heavy (non-hydrogen) atoms. The van der Waals surface area contributed by atoms with Crippen LogP contribution in [0.2, 0.25) is 5.02 Å². The molecule has 0 aliphatic carbocycles. The number of carbonyl (C=O) groups excluding carboxylic acids is 1. The number of esters is 1. The summed E-state index contributed by atoms with van der Waals surface area (Å²) in [5.41, 5.74) is 0.669. The molecule has 1 aliphatic rings. The molecular formula is C20H21ClFNO5S. The number of carbonyl (C=O) groups is 1. The summed E-state index contributed by atoms with van der Waals surface area (Å²) in [6.07, 6.45) is -0.507. The Morgan fingerprint density at radius 1 is 1.17 bits per heavy atom. The number of nitrogens with zero attached hydrogens (tertiary/aromatic N) is 1. The van der Waals surface area contributed by atoms with Crippen LogP contribution in [-0.4, -0.2) is 44.0 Å². The topological polar surface area (TPSA) is 72.9 Å². The first-order chi connectivity index (χ1) is 13.7. The van der Waals surface area contributed by atoms with Gasteiger partial charge in [0, 0.05) is 13.1 Å². The summed E-state index contributed by atoms with van der Waals surface area (Å²) < 4.78 is 51.2. The molecule has 1 aliphatic heterocycles. The maximum atomic E-state index is 13.1. The highest BCUT2D eigenvalue weighted by atomic mass is 35.5. The van der Waals surface area contributed by atoms with Crippen LogP contribution >= 0.6 is 11.6 Å². The molecule has 0 N–H and O–H groups in total. The number of morpholine rings is 1. The molecule has 1 fully saturated rings. The van der Waals surface area contributed by atoms with Crippen molar-refractivity contribution in [2.24, 2.45) is 0 Å². The van der Waals surface area contributed by atoms with Crippen LogP contribution in [0.25, 0.3) is 0 Å². The van der Waals surface area contributed by atoms with Crippen molar-refractivity contribution in [2.45, 2.75) is 37.6 Å². The lowest BCUT2D eigenvalue weighted by atomic mass is 10.2. The van der Waals surface area contributed by atoms with Crippen molar-refractivity contribution in [1.29, 1.82) is 0 Å². The molecule has 2 atom stereocenters. The number of rotatable bonds is 5. The zero-order chi connectivity index (χ0) is 21.2. The van der Waals surface area contributed by atoms with Gasteiger partial charge in [0.15, 0.2) is 0 Å². The van der Waals surface area contributed by atoms with Crippen LogP contribution in [0.1, 0.15) is 29.8 Å².